The summed E-state index contributed by atoms with van der Waals surface area (Å²) in [5.74, 6) is 0.349. The van der Waals surface area contributed by atoms with Crippen LogP contribution in [0, 0.1) is 16.7 Å². The van der Waals surface area contributed by atoms with E-state index in [-0.39, 0.29) is 6.42 Å². The molecule has 3 rings (SSSR count). The number of rotatable bonds is 7. The summed E-state index contributed by atoms with van der Waals surface area (Å²) >= 11 is 0. The lowest BCUT2D eigenvalue weighted by atomic mass is 9.86. The van der Waals surface area contributed by atoms with E-state index >= 15 is 0 Å². The molecule has 0 spiro atoms. The van der Waals surface area contributed by atoms with E-state index in [0.717, 1.165) is 5.56 Å². The highest BCUT2D eigenvalue weighted by atomic mass is 16.6. The van der Waals surface area contributed by atoms with Gasteiger partial charge in [-0.25, -0.2) is 9.78 Å². The van der Waals surface area contributed by atoms with Crippen LogP contribution in [0.5, 0.6) is 5.88 Å². The molecule has 2 aromatic rings. The molecular weight excluding hydrogens is 406 g/mol. The van der Waals surface area contributed by atoms with Gasteiger partial charge in [0.05, 0.1) is 29.3 Å². The second-order valence-corrected chi connectivity index (χ2v) is 9.01. The first-order valence-corrected chi connectivity index (χ1v) is 10.5. The van der Waals surface area contributed by atoms with Crippen LogP contribution in [0.3, 0.4) is 0 Å². The average Bonchev–Trinajstić information content (AvgIpc) is 2.69. The number of nitrogens with zero attached hydrogens (tertiary/aromatic N) is 3. The highest BCUT2D eigenvalue weighted by molar-refractivity contribution is 6.03. The van der Waals surface area contributed by atoms with Crippen LogP contribution in [-0.4, -0.2) is 45.9 Å². The predicted octanol–water partition coefficient (Wildman–Crippen LogP) is 4.36. The monoisotopic (exact) mass is 435 g/mol. The Morgan fingerprint density at radius 1 is 1.28 bits per heavy atom. The van der Waals surface area contributed by atoms with Crippen LogP contribution >= 0.6 is 0 Å². The molecule has 2 N–H and O–H groups in total. The van der Waals surface area contributed by atoms with Gasteiger partial charge in [-0.3, -0.25) is 0 Å². The zero-order valence-electron chi connectivity index (χ0n) is 18.9. The van der Waals surface area contributed by atoms with Crippen LogP contribution in [0.2, 0.25) is 0 Å². The molecule has 8 heteroatoms. The molecule has 0 aliphatic carbocycles. The minimum atomic E-state index is -0.631. The zero-order chi connectivity index (χ0) is 23.4. The number of benzene rings is 1. The molecule has 32 heavy (non-hydrogen) atoms. The summed E-state index contributed by atoms with van der Waals surface area (Å²) in [7, 11) is 0. The third-order valence-corrected chi connectivity index (χ3v) is 4.97. The summed E-state index contributed by atoms with van der Waals surface area (Å²) in [5.41, 5.74) is 1.26. The Labute approximate surface area is 188 Å². The molecule has 0 saturated carbocycles. The Bertz CT molecular complexity index is 1020. The van der Waals surface area contributed by atoms with Gasteiger partial charge < -0.3 is 25.1 Å². The van der Waals surface area contributed by atoms with Crippen molar-refractivity contribution in [2.75, 3.05) is 18.4 Å². The minimum Gasteiger partial charge on any atom is -0.472 e. The van der Waals surface area contributed by atoms with E-state index in [1.165, 1.54) is 0 Å². The highest BCUT2D eigenvalue weighted by Crippen LogP contribution is 2.34. The molecule has 1 aliphatic rings. The first-order valence-electron chi connectivity index (χ1n) is 10.5. The maximum Gasteiger partial charge on any atom is 0.410 e. The number of hydrogen-bond acceptors (Lipinski definition) is 7. The third-order valence-electron chi connectivity index (χ3n) is 4.97. The minimum absolute atomic E-state index is 0.200. The largest absolute Gasteiger partial charge is 0.472 e. The molecule has 1 saturated heterocycles. The Morgan fingerprint density at radius 2 is 1.97 bits per heavy atom. The molecule has 1 aromatic carbocycles. The standard InChI is InChI=1S/C24H29N5O3/c1-17(26)20-19(10-13-27-21(20)31-14-18-8-6-5-7-9-18)28-24(11-12-25)15-29(16-24)22(30)32-23(2,3)4/h5-10,13,26H,11,14-16H2,1-4H3,(H,27,28). The topological polar surface area (TPSA) is 111 Å². The van der Waals surface area contributed by atoms with E-state index in [2.05, 4.69) is 16.4 Å². The van der Waals surface area contributed by atoms with Crippen molar-refractivity contribution in [3.8, 4) is 11.9 Å². The second-order valence-electron chi connectivity index (χ2n) is 9.01. The number of anilines is 1. The van der Waals surface area contributed by atoms with E-state index < -0.39 is 17.2 Å². The predicted molar refractivity (Wildman–Crippen MR) is 122 cm³/mol. The fourth-order valence-corrected chi connectivity index (χ4v) is 3.56. The van der Waals surface area contributed by atoms with Gasteiger partial charge in [0, 0.05) is 25.0 Å². The SMILES string of the molecule is CC(=N)c1c(NC2(CC#N)CN(C(=O)OC(C)(C)C)C2)ccnc1OCc1ccccc1. The Balaban J connectivity index is 1.78. The van der Waals surface area contributed by atoms with Crippen LogP contribution < -0.4 is 10.1 Å². The molecule has 8 nitrogen and oxygen atoms in total. The Kier molecular flexibility index (Phi) is 6.68. The first-order chi connectivity index (χ1) is 15.1. The van der Waals surface area contributed by atoms with Crippen molar-refractivity contribution in [2.24, 2.45) is 0 Å². The van der Waals surface area contributed by atoms with Crippen molar-refractivity contribution in [3.05, 3.63) is 53.7 Å². The first kappa shape index (κ1) is 23.1. The van der Waals surface area contributed by atoms with Crippen LogP contribution in [0.15, 0.2) is 42.6 Å². The van der Waals surface area contributed by atoms with Crippen LogP contribution in [0.4, 0.5) is 10.5 Å². The van der Waals surface area contributed by atoms with Gasteiger partial charge in [0.25, 0.3) is 0 Å². The molecule has 1 aliphatic heterocycles. The van der Waals surface area contributed by atoms with Gasteiger partial charge in [-0.1, -0.05) is 30.3 Å². The Hall–Kier alpha value is -3.60. The number of ether oxygens (including phenoxy) is 2. The quantitative estimate of drug-likeness (QED) is 0.625. The van der Waals surface area contributed by atoms with Crippen molar-refractivity contribution in [2.45, 2.75) is 51.9 Å². The van der Waals surface area contributed by atoms with Gasteiger partial charge in [0.2, 0.25) is 5.88 Å². The number of amides is 1. The lowest BCUT2D eigenvalue weighted by Gasteiger charge is -2.49. The maximum absolute atomic E-state index is 12.4. The normalized spacial score (nSPS) is 14.7. The summed E-state index contributed by atoms with van der Waals surface area (Å²) in [4.78, 5) is 18.3. The van der Waals surface area contributed by atoms with Gasteiger partial charge in [-0.2, -0.15) is 5.26 Å². The molecule has 2 heterocycles. The number of hydrogen-bond donors (Lipinski definition) is 2. The molecule has 168 valence electrons. The van der Waals surface area contributed by atoms with Crippen molar-refractivity contribution in [3.63, 3.8) is 0 Å². The number of aromatic nitrogens is 1. The zero-order valence-corrected chi connectivity index (χ0v) is 18.9. The molecule has 1 amide bonds. The maximum atomic E-state index is 12.4. The van der Waals surface area contributed by atoms with Crippen molar-refractivity contribution < 1.29 is 14.3 Å². The summed E-state index contributed by atoms with van der Waals surface area (Å²) in [6.45, 7) is 8.11. The number of carbonyl (C=O) groups excluding carboxylic acids is 1. The molecule has 1 aromatic heterocycles. The lowest BCUT2D eigenvalue weighted by molar-refractivity contribution is -0.00334. The van der Waals surface area contributed by atoms with E-state index in [1.54, 1.807) is 24.1 Å². The van der Waals surface area contributed by atoms with E-state index in [4.69, 9.17) is 14.9 Å². The van der Waals surface area contributed by atoms with Gasteiger partial charge in [-0.15, -0.1) is 0 Å². The average molecular weight is 436 g/mol. The van der Waals surface area contributed by atoms with Crippen molar-refractivity contribution in [1.82, 2.24) is 9.88 Å². The molecule has 0 radical (unpaired) electrons. The molecule has 0 atom stereocenters. The van der Waals surface area contributed by atoms with Crippen molar-refractivity contribution >= 4 is 17.5 Å². The fourth-order valence-electron chi connectivity index (χ4n) is 3.56. The number of nitrogens with one attached hydrogen (secondary N) is 2. The van der Waals surface area contributed by atoms with Gasteiger partial charge in [-0.05, 0) is 39.3 Å². The van der Waals surface area contributed by atoms with E-state index in [0.29, 0.717) is 42.5 Å². The van der Waals surface area contributed by atoms with Gasteiger partial charge >= 0.3 is 6.09 Å². The van der Waals surface area contributed by atoms with Crippen molar-refractivity contribution in [1.29, 1.82) is 10.7 Å². The number of pyridine rings is 1. The van der Waals surface area contributed by atoms with E-state index in [9.17, 15) is 10.1 Å². The van der Waals surface area contributed by atoms with Crippen LogP contribution in [0.25, 0.3) is 0 Å². The number of carbonyl (C=O) groups is 1. The summed E-state index contributed by atoms with van der Waals surface area (Å²) < 4.78 is 11.4. The van der Waals surface area contributed by atoms with Gasteiger partial charge in [0.1, 0.15) is 12.2 Å². The van der Waals surface area contributed by atoms with Crippen LogP contribution in [-0.2, 0) is 11.3 Å². The van der Waals surface area contributed by atoms with Gasteiger partial charge in [0.15, 0.2) is 0 Å². The van der Waals surface area contributed by atoms with Crippen LogP contribution in [0.1, 0.15) is 45.2 Å². The molecular formula is C24H29N5O3. The smallest absolute Gasteiger partial charge is 0.410 e. The molecule has 0 bridgehead atoms. The van der Waals surface area contributed by atoms with E-state index in [1.807, 2.05) is 51.1 Å². The second kappa shape index (κ2) is 9.27. The summed E-state index contributed by atoms with van der Waals surface area (Å²) in [5, 5.41) is 21.1. The highest BCUT2D eigenvalue weighted by Gasteiger charge is 2.47. The molecule has 1 fully saturated rings. The Morgan fingerprint density at radius 3 is 2.56 bits per heavy atom. The summed E-state index contributed by atoms with van der Waals surface area (Å²) in [6, 6.07) is 13.7. The number of nitriles is 1. The number of likely N-dealkylation sites (tertiary alicyclic amines) is 1. The third kappa shape index (κ3) is 5.55. The molecule has 0 unspecified atom stereocenters. The summed E-state index contributed by atoms with van der Waals surface area (Å²) in [6.07, 6.45) is 1.41. The lowest BCUT2D eigenvalue weighted by Crippen LogP contribution is -2.67. The fraction of sp³-hybridized carbons (Fsp3) is 0.417.